The van der Waals surface area contributed by atoms with E-state index >= 15 is 0 Å². The molecule has 0 radical (unpaired) electrons. The largest absolute Gasteiger partial charge is 0.369 e. The van der Waals surface area contributed by atoms with Crippen molar-refractivity contribution in [2.45, 2.75) is 13.5 Å². The first-order chi connectivity index (χ1) is 19.3. The maximum atomic E-state index is 14.0. The minimum atomic E-state index is -0.401. The number of halogens is 2. The highest BCUT2D eigenvalue weighted by molar-refractivity contribution is 9.10. The van der Waals surface area contributed by atoms with E-state index in [1.54, 1.807) is 48.5 Å². The van der Waals surface area contributed by atoms with Crippen LogP contribution in [0.2, 0.25) is 5.02 Å². The first-order valence-corrected chi connectivity index (χ1v) is 14.9. The molecular formula is C31H25BrClN3O3S. The van der Waals surface area contributed by atoms with Gasteiger partial charge in [0, 0.05) is 58.3 Å². The maximum absolute atomic E-state index is 14.0. The topological polar surface area (TPSA) is 60.9 Å². The highest BCUT2D eigenvalue weighted by Gasteiger charge is 2.40. The van der Waals surface area contributed by atoms with Gasteiger partial charge in [0.2, 0.25) is 0 Å². The zero-order chi connectivity index (χ0) is 28.0. The summed E-state index contributed by atoms with van der Waals surface area (Å²) in [5.41, 5.74) is 3.62. The van der Waals surface area contributed by atoms with E-state index in [4.69, 9.17) is 11.6 Å². The van der Waals surface area contributed by atoms with Gasteiger partial charge in [0.25, 0.3) is 11.8 Å². The Hall–Kier alpha value is -3.30. The van der Waals surface area contributed by atoms with E-state index in [-0.39, 0.29) is 5.78 Å². The summed E-state index contributed by atoms with van der Waals surface area (Å²) in [4.78, 5) is 47.7. The maximum Gasteiger partial charge on any atom is 0.266 e. The predicted molar refractivity (Wildman–Crippen MR) is 163 cm³/mol. The number of carbonyl (C=O) groups excluding carboxylic acids is 3. The number of hydrogen-bond donors (Lipinski definition) is 0. The van der Waals surface area contributed by atoms with Crippen molar-refractivity contribution >= 4 is 67.2 Å². The standard InChI is InChI=1S/C31H25BrClN3O3S/c1-19-26(18-34-14-16-35(17-15-34)23-12-8-21(32)9-13-23)27(28(37)20-6-10-22(33)11-7-20)31(40-19)36-29(38)24-4-2-3-5-25(24)30(36)39/h2-13H,14-18H2,1H3. The number of thiophene rings is 1. The molecule has 1 saturated heterocycles. The molecule has 6 nitrogen and oxygen atoms in total. The van der Waals surface area contributed by atoms with Crippen LogP contribution in [0.15, 0.2) is 77.3 Å². The first-order valence-electron chi connectivity index (χ1n) is 12.9. The number of amides is 2. The zero-order valence-electron chi connectivity index (χ0n) is 21.7. The lowest BCUT2D eigenvalue weighted by Crippen LogP contribution is -2.46. The Morgan fingerprint density at radius 2 is 1.48 bits per heavy atom. The fourth-order valence-electron chi connectivity index (χ4n) is 5.30. The SMILES string of the molecule is Cc1sc(N2C(=O)c3ccccc3C2=O)c(C(=O)c2ccc(Cl)cc2)c1CN1CCN(c2ccc(Br)cc2)CC1. The van der Waals surface area contributed by atoms with Gasteiger partial charge in [-0.3, -0.25) is 19.3 Å². The average molecular weight is 635 g/mol. The monoisotopic (exact) mass is 633 g/mol. The Kier molecular flexibility index (Phi) is 7.35. The first kappa shape index (κ1) is 26.9. The fourth-order valence-corrected chi connectivity index (χ4v) is 6.85. The van der Waals surface area contributed by atoms with Crippen molar-refractivity contribution in [2.75, 3.05) is 36.0 Å². The number of aryl methyl sites for hydroxylation is 1. The summed E-state index contributed by atoms with van der Waals surface area (Å²) in [6.07, 6.45) is 0. The summed E-state index contributed by atoms with van der Waals surface area (Å²) >= 11 is 10.9. The fraction of sp³-hybridized carbons (Fsp3) is 0.194. The molecule has 4 aromatic rings. The molecule has 9 heteroatoms. The molecule has 3 aromatic carbocycles. The van der Waals surface area contributed by atoms with Crippen molar-refractivity contribution in [1.82, 2.24) is 4.90 Å². The van der Waals surface area contributed by atoms with Crippen LogP contribution in [0.1, 0.15) is 47.1 Å². The van der Waals surface area contributed by atoms with Crippen molar-refractivity contribution in [1.29, 1.82) is 0 Å². The third-order valence-electron chi connectivity index (χ3n) is 7.47. The second-order valence-corrected chi connectivity index (χ2v) is 12.4. The quantitative estimate of drug-likeness (QED) is 0.172. The Morgan fingerprint density at radius 3 is 2.08 bits per heavy atom. The van der Waals surface area contributed by atoms with Crippen molar-refractivity contribution in [3.8, 4) is 0 Å². The lowest BCUT2D eigenvalue weighted by molar-refractivity contribution is 0.0927. The van der Waals surface area contributed by atoms with Crippen molar-refractivity contribution < 1.29 is 14.4 Å². The van der Waals surface area contributed by atoms with Gasteiger partial charge in [-0.2, -0.15) is 0 Å². The second-order valence-electron chi connectivity index (χ2n) is 9.88. The van der Waals surface area contributed by atoms with Crippen LogP contribution in [0.5, 0.6) is 0 Å². The molecule has 1 fully saturated rings. The summed E-state index contributed by atoms with van der Waals surface area (Å²) in [5.74, 6) is -1.03. The second kappa shape index (κ2) is 10.9. The molecule has 0 saturated carbocycles. The van der Waals surface area contributed by atoms with Gasteiger partial charge in [0.15, 0.2) is 5.78 Å². The molecule has 0 spiro atoms. The van der Waals surface area contributed by atoms with Crippen molar-refractivity contribution in [3.05, 3.63) is 115 Å². The number of anilines is 2. The van der Waals surface area contributed by atoms with Crippen LogP contribution in [0.25, 0.3) is 0 Å². The van der Waals surface area contributed by atoms with Crippen LogP contribution >= 0.6 is 38.9 Å². The molecule has 0 bridgehead atoms. The summed E-state index contributed by atoms with van der Waals surface area (Å²) in [6.45, 7) is 5.87. The van der Waals surface area contributed by atoms with Gasteiger partial charge in [-0.1, -0.05) is 39.7 Å². The third-order valence-corrected chi connectivity index (χ3v) is 9.38. The number of nitrogens with zero attached hydrogens (tertiary/aromatic N) is 3. The van der Waals surface area contributed by atoms with Gasteiger partial charge in [0.1, 0.15) is 5.00 Å². The van der Waals surface area contributed by atoms with Crippen LogP contribution in [0.3, 0.4) is 0 Å². The normalized spacial score (nSPS) is 15.6. The molecule has 0 unspecified atom stereocenters. The van der Waals surface area contributed by atoms with Crippen molar-refractivity contribution in [3.63, 3.8) is 0 Å². The van der Waals surface area contributed by atoms with Crippen LogP contribution in [0, 0.1) is 6.92 Å². The van der Waals surface area contributed by atoms with Gasteiger partial charge in [-0.05, 0) is 73.2 Å². The van der Waals surface area contributed by atoms with Gasteiger partial charge in [0.05, 0.1) is 16.7 Å². The number of fused-ring (bicyclic) bond motifs is 1. The Labute approximate surface area is 249 Å². The molecule has 6 rings (SSSR count). The van der Waals surface area contributed by atoms with Crippen molar-refractivity contribution in [2.24, 2.45) is 0 Å². The van der Waals surface area contributed by atoms with E-state index in [9.17, 15) is 14.4 Å². The molecule has 202 valence electrons. The van der Waals surface area contributed by atoms with E-state index in [1.165, 1.54) is 21.9 Å². The number of piperazine rings is 1. The van der Waals surface area contributed by atoms with Crippen LogP contribution in [-0.4, -0.2) is 48.7 Å². The van der Waals surface area contributed by atoms with Gasteiger partial charge in [-0.25, -0.2) is 4.90 Å². The van der Waals surface area contributed by atoms with E-state index in [2.05, 4.69) is 37.9 Å². The molecule has 0 N–H and O–H groups in total. The number of carbonyl (C=O) groups is 3. The Morgan fingerprint density at radius 1 is 0.875 bits per heavy atom. The van der Waals surface area contributed by atoms with E-state index in [0.29, 0.717) is 38.8 Å². The molecule has 2 aliphatic heterocycles. The minimum absolute atomic E-state index is 0.226. The van der Waals surface area contributed by atoms with Gasteiger partial charge < -0.3 is 4.90 Å². The van der Waals surface area contributed by atoms with Gasteiger partial charge in [-0.15, -0.1) is 11.3 Å². The molecular weight excluding hydrogens is 610 g/mol. The summed E-state index contributed by atoms with van der Waals surface area (Å²) in [5, 5.41) is 0.912. The summed E-state index contributed by atoms with van der Waals surface area (Å²) < 4.78 is 1.05. The Bertz CT molecular complexity index is 1590. The highest BCUT2D eigenvalue weighted by Crippen LogP contribution is 2.41. The van der Waals surface area contributed by atoms with Crippen LogP contribution < -0.4 is 9.80 Å². The number of imide groups is 1. The Balaban J connectivity index is 1.34. The van der Waals surface area contributed by atoms with Crippen LogP contribution in [-0.2, 0) is 6.54 Å². The van der Waals surface area contributed by atoms with E-state index in [0.717, 1.165) is 41.1 Å². The highest BCUT2D eigenvalue weighted by atomic mass is 79.9. The smallest absolute Gasteiger partial charge is 0.266 e. The summed E-state index contributed by atoms with van der Waals surface area (Å²) in [7, 11) is 0. The number of rotatable bonds is 6. The minimum Gasteiger partial charge on any atom is -0.369 e. The molecule has 0 aliphatic carbocycles. The average Bonchev–Trinajstić information content (AvgIpc) is 3.41. The molecule has 1 aromatic heterocycles. The molecule has 2 amide bonds. The number of benzene rings is 3. The molecule has 2 aliphatic rings. The lowest BCUT2D eigenvalue weighted by Gasteiger charge is -2.36. The van der Waals surface area contributed by atoms with E-state index < -0.39 is 11.8 Å². The molecule has 3 heterocycles. The lowest BCUT2D eigenvalue weighted by atomic mass is 9.99. The summed E-state index contributed by atoms with van der Waals surface area (Å²) in [6, 6.07) is 21.8. The third kappa shape index (κ3) is 4.90. The van der Waals surface area contributed by atoms with E-state index in [1.807, 2.05) is 19.1 Å². The number of hydrogen-bond acceptors (Lipinski definition) is 6. The molecule has 0 atom stereocenters. The zero-order valence-corrected chi connectivity index (χ0v) is 24.9. The molecule has 40 heavy (non-hydrogen) atoms. The van der Waals surface area contributed by atoms with Gasteiger partial charge >= 0.3 is 0 Å². The van der Waals surface area contributed by atoms with Crippen LogP contribution in [0.4, 0.5) is 10.7 Å². The predicted octanol–water partition coefficient (Wildman–Crippen LogP) is 6.83. The number of ketones is 1.